The van der Waals surface area contributed by atoms with Crippen LogP contribution >= 0.6 is 0 Å². The summed E-state index contributed by atoms with van der Waals surface area (Å²) in [6.45, 7) is 8.71. The summed E-state index contributed by atoms with van der Waals surface area (Å²) < 4.78 is 0. The highest BCUT2D eigenvalue weighted by Crippen LogP contribution is 2.10. The lowest BCUT2D eigenvalue weighted by atomic mass is 10.0. The van der Waals surface area contributed by atoms with Crippen molar-refractivity contribution in [3.05, 3.63) is 12.7 Å². The summed E-state index contributed by atoms with van der Waals surface area (Å²) >= 11 is 0. The Labute approximate surface area is 75.6 Å². The Kier molecular flexibility index (Phi) is 6.67. The van der Waals surface area contributed by atoms with Gasteiger partial charge in [0.05, 0.1) is 6.04 Å². The van der Waals surface area contributed by atoms with E-state index in [1.807, 2.05) is 0 Å². The number of nitrogens with two attached hydrogens (primary N) is 1. The topological polar surface area (TPSA) is 38.4 Å². The molecular formula is C10H20N2. The zero-order valence-electron chi connectivity index (χ0n) is 8.16. The van der Waals surface area contributed by atoms with E-state index >= 15 is 0 Å². The minimum absolute atomic E-state index is 0.382. The molecule has 0 fully saturated rings. The average molecular weight is 168 g/mol. The maximum absolute atomic E-state index is 5.48. The lowest BCUT2D eigenvalue weighted by Gasteiger charge is -2.12. The highest BCUT2D eigenvalue weighted by molar-refractivity contribution is 5.70. The number of aliphatic imine (C=N–C) groups is 1. The Hall–Kier alpha value is -0.630. The fraction of sp³-hybridized carbons (Fsp3) is 0.700. The fourth-order valence-electron chi connectivity index (χ4n) is 1.17. The Morgan fingerprint density at radius 2 is 2.17 bits per heavy atom. The van der Waals surface area contributed by atoms with Crippen LogP contribution in [0.3, 0.4) is 0 Å². The number of hydrogen-bond donors (Lipinski definition) is 1. The van der Waals surface area contributed by atoms with E-state index in [4.69, 9.17) is 5.73 Å². The van der Waals surface area contributed by atoms with Crippen LogP contribution in [0.25, 0.3) is 0 Å². The number of rotatable bonds is 6. The van der Waals surface area contributed by atoms with Gasteiger partial charge in [0, 0.05) is 6.21 Å². The minimum atomic E-state index is 0.382. The van der Waals surface area contributed by atoms with Crippen molar-refractivity contribution in [1.82, 2.24) is 0 Å². The van der Waals surface area contributed by atoms with Gasteiger partial charge in [-0.2, -0.15) is 0 Å². The molecule has 0 saturated carbocycles. The summed E-state index contributed by atoms with van der Waals surface area (Å²) in [5, 5.41) is 0. The van der Waals surface area contributed by atoms with Gasteiger partial charge in [-0.25, -0.2) is 0 Å². The van der Waals surface area contributed by atoms with E-state index in [0.717, 1.165) is 12.8 Å². The van der Waals surface area contributed by atoms with E-state index in [1.54, 1.807) is 12.3 Å². The summed E-state index contributed by atoms with van der Waals surface area (Å²) in [4.78, 5) is 4.35. The molecule has 70 valence electrons. The minimum Gasteiger partial charge on any atom is -0.330 e. The number of hydrogen-bond acceptors (Lipinski definition) is 2. The molecule has 0 aliphatic heterocycles. The maximum atomic E-state index is 5.48. The van der Waals surface area contributed by atoms with Crippen LogP contribution in [-0.2, 0) is 0 Å². The first-order valence-electron chi connectivity index (χ1n) is 4.55. The molecule has 2 N–H and O–H groups in total. The molecule has 0 amide bonds. The quantitative estimate of drug-likeness (QED) is 0.605. The molecule has 0 aliphatic carbocycles. The second kappa shape index (κ2) is 7.04. The molecule has 0 radical (unpaired) electrons. The molecule has 2 heteroatoms. The smallest absolute Gasteiger partial charge is 0.0514 e. The van der Waals surface area contributed by atoms with Gasteiger partial charge in [-0.3, -0.25) is 4.99 Å². The van der Waals surface area contributed by atoms with Crippen LogP contribution in [0.1, 0.15) is 26.7 Å². The van der Waals surface area contributed by atoms with Crippen molar-refractivity contribution in [3.63, 3.8) is 0 Å². The van der Waals surface area contributed by atoms with Crippen LogP contribution in [0.2, 0.25) is 0 Å². The third-order valence-electron chi connectivity index (χ3n) is 1.65. The second-order valence-electron chi connectivity index (χ2n) is 3.39. The van der Waals surface area contributed by atoms with Crippen LogP contribution in [-0.4, -0.2) is 18.8 Å². The maximum Gasteiger partial charge on any atom is 0.0514 e. The molecular weight excluding hydrogens is 148 g/mol. The van der Waals surface area contributed by atoms with Gasteiger partial charge in [-0.15, -0.1) is 0 Å². The number of allylic oxidation sites excluding steroid dienone is 1. The lowest BCUT2D eigenvalue weighted by Crippen LogP contribution is -2.14. The van der Waals surface area contributed by atoms with Crippen LogP contribution in [0.4, 0.5) is 0 Å². The van der Waals surface area contributed by atoms with E-state index in [9.17, 15) is 0 Å². The molecule has 0 rings (SSSR count). The fourth-order valence-corrected chi connectivity index (χ4v) is 1.17. The van der Waals surface area contributed by atoms with Crippen molar-refractivity contribution in [2.24, 2.45) is 16.6 Å². The van der Waals surface area contributed by atoms with E-state index in [0.29, 0.717) is 18.5 Å². The molecule has 0 spiro atoms. The Morgan fingerprint density at radius 3 is 2.58 bits per heavy atom. The summed E-state index contributed by atoms with van der Waals surface area (Å²) in [5.41, 5.74) is 5.48. The molecule has 1 atom stereocenters. The Bertz CT molecular complexity index is 139. The molecule has 0 bridgehead atoms. The lowest BCUT2D eigenvalue weighted by molar-refractivity contribution is 0.480. The van der Waals surface area contributed by atoms with Gasteiger partial charge in [-0.05, 0) is 25.3 Å². The monoisotopic (exact) mass is 168 g/mol. The van der Waals surface area contributed by atoms with Gasteiger partial charge in [0.1, 0.15) is 0 Å². The van der Waals surface area contributed by atoms with Crippen molar-refractivity contribution >= 4 is 6.21 Å². The van der Waals surface area contributed by atoms with Crippen LogP contribution < -0.4 is 5.73 Å². The summed E-state index contributed by atoms with van der Waals surface area (Å²) in [7, 11) is 0. The van der Waals surface area contributed by atoms with Gasteiger partial charge in [0.25, 0.3) is 0 Å². The Balaban J connectivity index is 3.85. The van der Waals surface area contributed by atoms with Gasteiger partial charge in [0.15, 0.2) is 0 Å². The molecule has 12 heavy (non-hydrogen) atoms. The molecule has 0 aromatic rings. The standard InChI is InChI=1S/C10H20N2/c1-4-7-12-10(5-6-11)8-9(2)3/h4,7,9-10H,1,5-6,8,11H2,2-3H3. The first-order chi connectivity index (χ1) is 5.70. The van der Waals surface area contributed by atoms with Crippen LogP contribution in [0, 0.1) is 5.92 Å². The predicted molar refractivity (Wildman–Crippen MR) is 55.6 cm³/mol. The van der Waals surface area contributed by atoms with Gasteiger partial charge >= 0.3 is 0 Å². The largest absolute Gasteiger partial charge is 0.330 e. The normalized spacial score (nSPS) is 14.0. The number of nitrogens with zero attached hydrogens (tertiary/aromatic N) is 1. The van der Waals surface area contributed by atoms with Gasteiger partial charge in [0.2, 0.25) is 0 Å². The van der Waals surface area contributed by atoms with Crippen molar-refractivity contribution in [2.75, 3.05) is 6.54 Å². The molecule has 0 aromatic heterocycles. The first kappa shape index (κ1) is 11.4. The molecule has 0 saturated heterocycles. The highest BCUT2D eigenvalue weighted by atomic mass is 14.8. The van der Waals surface area contributed by atoms with E-state index in [1.165, 1.54) is 0 Å². The van der Waals surface area contributed by atoms with Crippen LogP contribution in [0.5, 0.6) is 0 Å². The van der Waals surface area contributed by atoms with Crippen molar-refractivity contribution in [3.8, 4) is 0 Å². The SMILES string of the molecule is C=CC=NC(CCN)CC(C)C. The summed E-state index contributed by atoms with van der Waals surface area (Å²) in [6, 6.07) is 0.382. The van der Waals surface area contributed by atoms with Crippen molar-refractivity contribution in [2.45, 2.75) is 32.7 Å². The third kappa shape index (κ3) is 6.10. The van der Waals surface area contributed by atoms with Gasteiger partial charge in [-0.1, -0.05) is 26.5 Å². The first-order valence-corrected chi connectivity index (χ1v) is 4.55. The highest BCUT2D eigenvalue weighted by Gasteiger charge is 2.06. The average Bonchev–Trinajstić information content (AvgIpc) is 2.00. The van der Waals surface area contributed by atoms with Gasteiger partial charge < -0.3 is 5.73 Å². The second-order valence-corrected chi connectivity index (χ2v) is 3.39. The van der Waals surface area contributed by atoms with Crippen molar-refractivity contribution in [1.29, 1.82) is 0 Å². The molecule has 0 aromatic carbocycles. The van der Waals surface area contributed by atoms with E-state index in [2.05, 4.69) is 25.4 Å². The summed E-state index contributed by atoms with van der Waals surface area (Å²) in [6.07, 6.45) is 5.57. The molecule has 1 unspecified atom stereocenters. The molecule has 0 heterocycles. The third-order valence-corrected chi connectivity index (χ3v) is 1.65. The molecule has 2 nitrogen and oxygen atoms in total. The summed E-state index contributed by atoms with van der Waals surface area (Å²) in [5.74, 6) is 0.684. The van der Waals surface area contributed by atoms with Crippen molar-refractivity contribution < 1.29 is 0 Å². The molecule has 0 aliphatic rings. The van der Waals surface area contributed by atoms with Crippen LogP contribution in [0.15, 0.2) is 17.6 Å². The van der Waals surface area contributed by atoms with E-state index < -0.39 is 0 Å². The zero-order valence-corrected chi connectivity index (χ0v) is 8.16. The Morgan fingerprint density at radius 1 is 1.50 bits per heavy atom. The zero-order chi connectivity index (χ0) is 9.40. The van der Waals surface area contributed by atoms with E-state index in [-0.39, 0.29) is 0 Å². The predicted octanol–water partition coefficient (Wildman–Crippen LogP) is 2.01.